The molecular weight excluding hydrogens is 236 g/mol. The Balaban J connectivity index is 1.68. The van der Waals surface area contributed by atoms with E-state index in [2.05, 4.69) is 27.7 Å². The molecule has 5 nitrogen and oxygen atoms in total. The van der Waals surface area contributed by atoms with Crippen LogP contribution >= 0.6 is 0 Å². The predicted octanol–water partition coefficient (Wildman–Crippen LogP) is 1.51. The molecule has 0 aliphatic carbocycles. The van der Waals surface area contributed by atoms with Gasteiger partial charge in [-0.25, -0.2) is 0 Å². The van der Waals surface area contributed by atoms with E-state index in [0.717, 1.165) is 0 Å². The van der Waals surface area contributed by atoms with E-state index in [1.54, 1.807) is 0 Å². The van der Waals surface area contributed by atoms with Gasteiger partial charge in [-0.05, 0) is 0 Å². The van der Waals surface area contributed by atoms with Crippen molar-refractivity contribution in [3.8, 4) is 0 Å². The molecule has 3 fully saturated rings. The lowest BCUT2D eigenvalue weighted by atomic mass is 10.1. The number of ether oxygens (including phenoxy) is 5. The van der Waals surface area contributed by atoms with Crippen LogP contribution in [-0.4, -0.2) is 43.8 Å². The molecule has 0 aromatic rings. The second kappa shape index (κ2) is 4.72. The third-order valence-corrected chi connectivity index (χ3v) is 3.63. The zero-order chi connectivity index (χ0) is 12.9. The molecular formula is C13H22O5. The molecule has 3 heterocycles. The van der Waals surface area contributed by atoms with Gasteiger partial charge < -0.3 is 23.7 Å². The molecule has 0 spiro atoms. The maximum Gasteiger partial charge on any atom is 0.190 e. The van der Waals surface area contributed by atoms with Crippen molar-refractivity contribution in [2.75, 3.05) is 6.61 Å². The summed E-state index contributed by atoms with van der Waals surface area (Å²) in [5.74, 6) is 0.645. The fraction of sp³-hybridized carbons (Fsp3) is 1.00. The van der Waals surface area contributed by atoms with E-state index in [0.29, 0.717) is 18.4 Å². The van der Waals surface area contributed by atoms with E-state index in [-0.39, 0.29) is 37.2 Å². The SMILES string of the molecule is CC(C)C1OC[C@H]2OC3OC(C(C)C)O[C@@H]3[C@H]2O1. The summed E-state index contributed by atoms with van der Waals surface area (Å²) in [4.78, 5) is 0. The highest BCUT2D eigenvalue weighted by atomic mass is 16.8. The van der Waals surface area contributed by atoms with Crippen LogP contribution in [0.3, 0.4) is 0 Å². The summed E-state index contributed by atoms with van der Waals surface area (Å²) in [6, 6.07) is 0. The van der Waals surface area contributed by atoms with Crippen molar-refractivity contribution in [3.63, 3.8) is 0 Å². The molecule has 0 radical (unpaired) electrons. The highest BCUT2D eigenvalue weighted by molar-refractivity contribution is 4.94. The minimum absolute atomic E-state index is 0.0666. The molecule has 0 saturated carbocycles. The van der Waals surface area contributed by atoms with Gasteiger partial charge in [0.25, 0.3) is 0 Å². The Morgan fingerprint density at radius 1 is 0.778 bits per heavy atom. The molecule has 6 atom stereocenters. The van der Waals surface area contributed by atoms with Gasteiger partial charge >= 0.3 is 0 Å². The highest BCUT2D eigenvalue weighted by Crippen LogP contribution is 2.39. The summed E-state index contributed by atoms with van der Waals surface area (Å²) in [7, 11) is 0. The van der Waals surface area contributed by atoms with E-state index in [9.17, 15) is 0 Å². The Labute approximate surface area is 108 Å². The van der Waals surface area contributed by atoms with Crippen molar-refractivity contribution in [1.82, 2.24) is 0 Å². The fourth-order valence-electron chi connectivity index (χ4n) is 2.61. The minimum atomic E-state index is -0.304. The predicted molar refractivity (Wildman–Crippen MR) is 62.7 cm³/mol. The van der Waals surface area contributed by atoms with Crippen LogP contribution in [0.2, 0.25) is 0 Å². The molecule has 3 unspecified atom stereocenters. The number of hydrogen-bond donors (Lipinski definition) is 0. The molecule has 5 heteroatoms. The summed E-state index contributed by atoms with van der Waals surface area (Å²) in [6.45, 7) is 8.87. The Morgan fingerprint density at radius 2 is 1.44 bits per heavy atom. The molecule has 104 valence electrons. The monoisotopic (exact) mass is 258 g/mol. The van der Waals surface area contributed by atoms with Crippen molar-refractivity contribution in [2.45, 2.75) is 64.9 Å². The average molecular weight is 258 g/mol. The fourth-order valence-corrected chi connectivity index (χ4v) is 2.61. The van der Waals surface area contributed by atoms with Gasteiger partial charge in [-0.1, -0.05) is 27.7 Å². The van der Waals surface area contributed by atoms with Crippen LogP contribution in [0.4, 0.5) is 0 Å². The molecule has 3 saturated heterocycles. The first kappa shape index (κ1) is 12.8. The van der Waals surface area contributed by atoms with E-state index in [4.69, 9.17) is 23.7 Å². The number of rotatable bonds is 2. The molecule has 0 aromatic carbocycles. The lowest BCUT2D eigenvalue weighted by Crippen LogP contribution is -2.47. The zero-order valence-electron chi connectivity index (χ0n) is 11.4. The number of fused-ring (bicyclic) bond motifs is 3. The van der Waals surface area contributed by atoms with Crippen LogP contribution < -0.4 is 0 Å². The van der Waals surface area contributed by atoms with Crippen molar-refractivity contribution >= 4 is 0 Å². The van der Waals surface area contributed by atoms with Crippen molar-refractivity contribution in [1.29, 1.82) is 0 Å². The van der Waals surface area contributed by atoms with E-state index in [1.807, 2.05) is 0 Å². The average Bonchev–Trinajstić information content (AvgIpc) is 2.84. The molecule has 3 aliphatic heterocycles. The van der Waals surface area contributed by atoms with Gasteiger partial charge in [-0.2, -0.15) is 0 Å². The molecule has 3 aliphatic rings. The van der Waals surface area contributed by atoms with Gasteiger partial charge in [0.1, 0.15) is 18.3 Å². The Kier molecular flexibility index (Phi) is 3.36. The largest absolute Gasteiger partial charge is 0.350 e. The van der Waals surface area contributed by atoms with Crippen LogP contribution in [0.25, 0.3) is 0 Å². The third-order valence-electron chi connectivity index (χ3n) is 3.63. The summed E-state index contributed by atoms with van der Waals surface area (Å²) >= 11 is 0. The zero-order valence-corrected chi connectivity index (χ0v) is 11.4. The van der Waals surface area contributed by atoms with Crippen molar-refractivity contribution < 1.29 is 23.7 Å². The molecule has 0 amide bonds. The molecule has 0 N–H and O–H groups in total. The third kappa shape index (κ3) is 2.08. The first-order valence-electron chi connectivity index (χ1n) is 6.79. The summed E-state index contributed by atoms with van der Waals surface area (Å²) in [6.07, 6.45) is -0.919. The minimum Gasteiger partial charge on any atom is -0.350 e. The quantitative estimate of drug-likeness (QED) is 0.751. The van der Waals surface area contributed by atoms with Gasteiger partial charge in [-0.15, -0.1) is 0 Å². The van der Waals surface area contributed by atoms with Crippen LogP contribution in [0, 0.1) is 11.8 Å². The maximum atomic E-state index is 5.96. The van der Waals surface area contributed by atoms with Crippen LogP contribution in [0.15, 0.2) is 0 Å². The van der Waals surface area contributed by atoms with Crippen LogP contribution in [-0.2, 0) is 23.7 Å². The Bertz CT molecular complexity index is 306. The van der Waals surface area contributed by atoms with Crippen molar-refractivity contribution in [3.05, 3.63) is 0 Å². The summed E-state index contributed by atoms with van der Waals surface area (Å²) in [5, 5.41) is 0. The Hall–Kier alpha value is -0.200. The second-order valence-corrected chi connectivity index (χ2v) is 5.94. The smallest absolute Gasteiger partial charge is 0.190 e. The molecule has 3 rings (SSSR count). The normalized spacial score (nSPS) is 47.7. The van der Waals surface area contributed by atoms with Gasteiger partial charge in [0.15, 0.2) is 18.9 Å². The van der Waals surface area contributed by atoms with Crippen LogP contribution in [0.5, 0.6) is 0 Å². The van der Waals surface area contributed by atoms with E-state index in [1.165, 1.54) is 0 Å². The van der Waals surface area contributed by atoms with Crippen LogP contribution in [0.1, 0.15) is 27.7 Å². The van der Waals surface area contributed by atoms with Gasteiger partial charge in [0, 0.05) is 11.8 Å². The van der Waals surface area contributed by atoms with E-state index >= 15 is 0 Å². The second-order valence-electron chi connectivity index (χ2n) is 5.94. The van der Waals surface area contributed by atoms with Gasteiger partial charge in [-0.3, -0.25) is 0 Å². The summed E-state index contributed by atoms with van der Waals surface area (Å²) < 4.78 is 29.1. The molecule has 18 heavy (non-hydrogen) atoms. The lowest BCUT2D eigenvalue weighted by Gasteiger charge is -2.35. The topological polar surface area (TPSA) is 46.2 Å². The molecule has 0 aromatic heterocycles. The standard InChI is InChI=1S/C13H22O5/c1-6(2)11-14-5-8-9(16-11)10-13(15-8)18-12(17-10)7(3)4/h6-13H,5H2,1-4H3/t8-,9+,10-,11?,12?,13?/m1/s1. The van der Waals surface area contributed by atoms with Crippen molar-refractivity contribution in [2.24, 2.45) is 11.8 Å². The number of hydrogen-bond acceptors (Lipinski definition) is 5. The first-order valence-corrected chi connectivity index (χ1v) is 6.79. The lowest BCUT2D eigenvalue weighted by molar-refractivity contribution is -0.282. The first-order chi connectivity index (χ1) is 8.56. The Morgan fingerprint density at radius 3 is 2.11 bits per heavy atom. The van der Waals surface area contributed by atoms with E-state index < -0.39 is 0 Å². The highest BCUT2D eigenvalue weighted by Gasteiger charge is 2.55. The maximum absolute atomic E-state index is 5.96. The van der Waals surface area contributed by atoms with Gasteiger partial charge in [0.05, 0.1) is 6.61 Å². The molecule has 0 bridgehead atoms. The summed E-state index contributed by atoms with van der Waals surface area (Å²) in [5.41, 5.74) is 0. The van der Waals surface area contributed by atoms with Gasteiger partial charge in [0.2, 0.25) is 0 Å².